The molecule has 1 aromatic heterocycles. The van der Waals surface area contributed by atoms with Gasteiger partial charge in [-0.2, -0.15) is 0 Å². The SMILES string of the molecule is CCOC(=O)C1=C(C)N=c2s/c(=C/c3ccc(N4CCOCC4)cc3)c(=O)n2[C@H]1c1ccc(OC)c(Br)c1. The van der Waals surface area contributed by atoms with E-state index in [0.717, 1.165) is 47.6 Å². The van der Waals surface area contributed by atoms with Crippen LogP contribution in [0.4, 0.5) is 5.69 Å². The van der Waals surface area contributed by atoms with E-state index in [1.54, 1.807) is 25.5 Å². The molecule has 5 rings (SSSR count). The van der Waals surface area contributed by atoms with E-state index in [2.05, 4.69) is 38.0 Å². The lowest BCUT2D eigenvalue weighted by atomic mass is 9.96. The fourth-order valence-corrected chi connectivity index (χ4v) is 6.32. The Hall–Kier alpha value is -3.21. The molecule has 8 nitrogen and oxygen atoms in total. The van der Waals surface area contributed by atoms with Crippen LogP contribution in [0.1, 0.15) is 31.0 Å². The monoisotopic (exact) mass is 597 g/mol. The van der Waals surface area contributed by atoms with E-state index < -0.39 is 12.0 Å². The molecule has 0 aliphatic carbocycles. The van der Waals surface area contributed by atoms with Crippen molar-refractivity contribution in [1.82, 2.24) is 4.57 Å². The molecule has 1 atom stereocenters. The maximum absolute atomic E-state index is 13.8. The van der Waals surface area contributed by atoms with Gasteiger partial charge >= 0.3 is 5.97 Å². The second-order valence-electron chi connectivity index (χ2n) is 8.89. The molecular weight excluding hydrogens is 570 g/mol. The number of morpholine rings is 1. The van der Waals surface area contributed by atoms with E-state index in [4.69, 9.17) is 14.2 Å². The van der Waals surface area contributed by atoms with Crippen LogP contribution in [0, 0.1) is 0 Å². The first-order valence-electron chi connectivity index (χ1n) is 12.4. The summed E-state index contributed by atoms with van der Waals surface area (Å²) in [5.74, 6) is 0.166. The summed E-state index contributed by atoms with van der Waals surface area (Å²) in [7, 11) is 1.59. The minimum atomic E-state index is -0.682. The fourth-order valence-electron chi connectivity index (χ4n) is 4.71. The summed E-state index contributed by atoms with van der Waals surface area (Å²) in [5, 5.41) is 0. The van der Waals surface area contributed by atoms with Crippen LogP contribution in [0.2, 0.25) is 0 Å². The number of carbonyl (C=O) groups excluding carboxylic acids is 1. The van der Waals surface area contributed by atoms with Gasteiger partial charge in [0.05, 0.1) is 53.2 Å². The molecule has 0 unspecified atom stereocenters. The number of nitrogens with zero attached hydrogens (tertiary/aromatic N) is 3. The molecule has 3 aromatic rings. The van der Waals surface area contributed by atoms with Crippen LogP contribution in [0.3, 0.4) is 0 Å². The Morgan fingerprint density at radius 2 is 1.95 bits per heavy atom. The molecule has 1 saturated heterocycles. The second-order valence-corrected chi connectivity index (χ2v) is 10.8. The van der Waals surface area contributed by atoms with Crippen molar-refractivity contribution in [3.63, 3.8) is 0 Å². The highest BCUT2D eigenvalue weighted by Gasteiger charge is 2.33. The largest absolute Gasteiger partial charge is 0.496 e. The number of allylic oxidation sites excluding steroid dienone is 1. The quantitative estimate of drug-likeness (QED) is 0.405. The molecule has 0 spiro atoms. The Kier molecular flexibility index (Phi) is 7.83. The van der Waals surface area contributed by atoms with Crippen molar-refractivity contribution in [3.05, 3.63) is 89.0 Å². The minimum Gasteiger partial charge on any atom is -0.496 e. The Morgan fingerprint density at radius 3 is 2.61 bits per heavy atom. The molecule has 0 saturated carbocycles. The van der Waals surface area contributed by atoms with Crippen molar-refractivity contribution >= 4 is 45.0 Å². The number of methoxy groups -OCH3 is 1. The van der Waals surface area contributed by atoms with Crippen LogP contribution in [0.15, 0.2) is 68.0 Å². The van der Waals surface area contributed by atoms with Gasteiger partial charge in [0.15, 0.2) is 4.80 Å². The van der Waals surface area contributed by atoms with Crippen molar-refractivity contribution < 1.29 is 19.0 Å². The molecule has 1 fully saturated rings. The molecule has 0 radical (unpaired) electrons. The maximum atomic E-state index is 13.8. The van der Waals surface area contributed by atoms with E-state index in [1.807, 2.05) is 36.4 Å². The van der Waals surface area contributed by atoms with E-state index in [1.165, 1.54) is 11.3 Å². The zero-order chi connectivity index (χ0) is 26.8. The Labute approximate surface area is 232 Å². The Balaban J connectivity index is 1.60. The summed E-state index contributed by atoms with van der Waals surface area (Å²) in [6.45, 7) is 6.93. The number of halogens is 1. The van der Waals surface area contributed by atoms with E-state index in [9.17, 15) is 9.59 Å². The van der Waals surface area contributed by atoms with Gasteiger partial charge in [-0.3, -0.25) is 9.36 Å². The highest BCUT2D eigenvalue weighted by molar-refractivity contribution is 9.10. The normalized spacial score (nSPS) is 17.7. The number of benzene rings is 2. The van der Waals surface area contributed by atoms with Gasteiger partial charge < -0.3 is 19.1 Å². The van der Waals surface area contributed by atoms with Crippen LogP contribution < -0.4 is 24.5 Å². The number of rotatable bonds is 6. The number of carbonyl (C=O) groups is 1. The topological polar surface area (TPSA) is 82.4 Å². The minimum absolute atomic E-state index is 0.211. The molecule has 2 aliphatic rings. The standard InChI is InChI=1S/C28H28BrN3O5S/c1-4-37-27(34)24-17(2)30-28-32(25(24)19-7-10-22(35-3)21(29)16-19)26(33)23(38-28)15-18-5-8-20(9-6-18)31-11-13-36-14-12-31/h5-10,15-16,25H,4,11-14H2,1-3H3/b23-15+/t25-/m0/s1. The van der Waals surface area contributed by atoms with Gasteiger partial charge in [0.1, 0.15) is 5.75 Å². The average molecular weight is 599 g/mol. The fraction of sp³-hybridized carbons (Fsp3) is 0.321. The van der Waals surface area contributed by atoms with Crippen LogP contribution >= 0.6 is 27.3 Å². The second kappa shape index (κ2) is 11.3. The Bertz CT molecular complexity index is 1570. The van der Waals surface area contributed by atoms with E-state index >= 15 is 0 Å². The van der Waals surface area contributed by atoms with Crippen LogP contribution in [-0.4, -0.2) is 50.6 Å². The van der Waals surface area contributed by atoms with Crippen LogP contribution in [0.5, 0.6) is 5.75 Å². The first-order chi connectivity index (χ1) is 18.4. The van der Waals surface area contributed by atoms with Crippen LogP contribution in [0.25, 0.3) is 6.08 Å². The van der Waals surface area contributed by atoms with Gasteiger partial charge in [0.25, 0.3) is 5.56 Å². The number of ether oxygens (including phenoxy) is 3. The molecular formula is C28H28BrN3O5S. The third-order valence-electron chi connectivity index (χ3n) is 6.58. The molecule has 0 N–H and O–H groups in total. The van der Waals surface area contributed by atoms with Gasteiger partial charge in [0, 0.05) is 18.8 Å². The molecule has 0 amide bonds. The molecule has 2 aromatic carbocycles. The maximum Gasteiger partial charge on any atom is 0.338 e. The lowest BCUT2D eigenvalue weighted by Gasteiger charge is -2.28. The first kappa shape index (κ1) is 26.4. The van der Waals surface area contributed by atoms with Crippen molar-refractivity contribution in [3.8, 4) is 5.75 Å². The van der Waals surface area contributed by atoms with Crippen LogP contribution in [-0.2, 0) is 14.3 Å². The molecule has 0 bridgehead atoms. The van der Waals surface area contributed by atoms with Crippen molar-refractivity contribution in [2.45, 2.75) is 19.9 Å². The highest BCUT2D eigenvalue weighted by Crippen LogP contribution is 2.35. The number of aromatic nitrogens is 1. The molecule has 2 aliphatic heterocycles. The van der Waals surface area contributed by atoms with Crippen molar-refractivity contribution in [1.29, 1.82) is 0 Å². The summed E-state index contributed by atoms with van der Waals surface area (Å²) in [6.07, 6.45) is 1.87. The number of hydrogen-bond donors (Lipinski definition) is 0. The first-order valence-corrected chi connectivity index (χ1v) is 14.0. The zero-order valence-corrected chi connectivity index (χ0v) is 23.8. The molecule has 10 heteroatoms. The van der Waals surface area contributed by atoms with Gasteiger partial charge in [0.2, 0.25) is 0 Å². The average Bonchev–Trinajstić information content (AvgIpc) is 3.22. The molecule has 198 valence electrons. The van der Waals surface area contributed by atoms with Gasteiger partial charge in [-0.1, -0.05) is 29.5 Å². The third kappa shape index (κ3) is 5.08. The number of anilines is 1. The Morgan fingerprint density at radius 1 is 1.21 bits per heavy atom. The predicted octanol–water partition coefficient (Wildman–Crippen LogP) is 3.41. The van der Waals surface area contributed by atoms with Crippen molar-refractivity contribution in [2.24, 2.45) is 4.99 Å². The van der Waals surface area contributed by atoms with E-state index in [-0.39, 0.29) is 12.2 Å². The van der Waals surface area contributed by atoms with Gasteiger partial charge in [-0.05, 0) is 71.2 Å². The zero-order valence-electron chi connectivity index (χ0n) is 21.4. The molecule has 38 heavy (non-hydrogen) atoms. The predicted molar refractivity (Wildman–Crippen MR) is 151 cm³/mol. The summed E-state index contributed by atoms with van der Waals surface area (Å²) in [6, 6.07) is 13.0. The number of thiazole rings is 1. The summed E-state index contributed by atoms with van der Waals surface area (Å²) >= 11 is 4.85. The summed E-state index contributed by atoms with van der Waals surface area (Å²) in [5.41, 5.74) is 3.46. The smallest absolute Gasteiger partial charge is 0.338 e. The number of esters is 1. The van der Waals surface area contributed by atoms with Crippen molar-refractivity contribution in [2.75, 3.05) is 44.9 Å². The lowest BCUT2D eigenvalue weighted by Crippen LogP contribution is -2.40. The highest BCUT2D eigenvalue weighted by atomic mass is 79.9. The number of hydrogen-bond acceptors (Lipinski definition) is 8. The van der Waals surface area contributed by atoms with Gasteiger partial charge in [-0.25, -0.2) is 9.79 Å². The number of fused-ring (bicyclic) bond motifs is 1. The third-order valence-corrected chi connectivity index (χ3v) is 8.18. The summed E-state index contributed by atoms with van der Waals surface area (Å²) < 4.78 is 19.0. The van der Waals surface area contributed by atoms with E-state index in [0.29, 0.717) is 26.4 Å². The lowest BCUT2D eigenvalue weighted by molar-refractivity contribution is -0.139. The van der Waals surface area contributed by atoms with Gasteiger partial charge in [-0.15, -0.1) is 0 Å². The molecule has 3 heterocycles. The summed E-state index contributed by atoms with van der Waals surface area (Å²) in [4.78, 5) is 34.3.